The minimum Gasteiger partial charge on any atom is -0.455 e. The Morgan fingerprint density at radius 2 is 0.380 bits per heavy atom. The number of fused-ring (bicyclic) bond motifs is 27. The topological polar surface area (TPSA) is 90.5 Å². The van der Waals surface area contributed by atoms with Gasteiger partial charge in [0.15, 0.2) is 34.9 Å². The SMILES string of the molecule is c1ccc(-c2cc(-c3ccccc3)cc(-c3nc(-c4cc(-c5ccccc5)cc(-c5ccccc5)c4)nc(-c4cccc5c4-c4ccccc4C54c5ccccc5-c5ccccc5-c5ccccc54)n3)c2)cc1.c1ccc(-c2nc(-c3cccc4c3-c3ccccc3C43c4ccccc4-c4ccccc4-c4ccccc43)nc(-c3cccc4c3oc3ccccc34)n2)cc1. The van der Waals surface area contributed by atoms with Crippen LogP contribution in [0.15, 0.2) is 465 Å². The maximum absolute atomic E-state index is 6.53. The van der Waals surface area contributed by atoms with Gasteiger partial charge in [-0.1, -0.05) is 413 Å². The van der Waals surface area contributed by atoms with Gasteiger partial charge in [-0.3, -0.25) is 0 Å². The Balaban J connectivity index is 0.000000144. The molecule has 0 unspecified atom stereocenters. The molecule has 3 aromatic heterocycles. The molecule has 0 radical (unpaired) electrons. The van der Waals surface area contributed by atoms with E-state index < -0.39 is 10.8 Å². The Bertz CT molecular complexity index is 7850. The van der Waals surface area contributed by atoms with Gasteiger partial charge in [-0.05, 0) is 204 Å². The van der Waals surface area contributed by atoms with Crippen LogP contribution in [-0.2, 0) is 10.8 Å². The molecular weight excluding hydrogens is 1570 g/mol. The van der Waals surface area contributed by atoms with Crippen molar-refractivity contribution in [3.8, 4) is 180 Å². The van der Waals surface area contributed by atoms with Crippen molar-refractivity contribution >= 4 is 21.9 Å². The zero-order valence-corrected chi connectivity index (χ0v) is 70.0. The van der Waals surface area contributed by atoms with Gasteiger partial charge in [0, 0.05) is 38.6 Å². The van der Waals surface area contributed by atoms with Crippen LogP contribution in [0.2, 0.25) is 0 Å². The standard InChI is InChI=1S/C70H45N3.C52H31N3O/c1-5-22-46(23-6-1)50-40-51(47-24-7-2-8-25-47)43-54(42-50)67-71-68(55-44-52(48-26-9-3-10-27-48)41-53(45-55)49-28-11-4-12-29-49)73-69(72-67)61-35-21-39-65-66(61)60-34-17-20-38-64(60)70(65)62-36-18-15-32-58(62)56-30-13-14-31-57(56)59-33-16-19-37-63(59)70;1-2-16-32(17-3-1)49-53-50(55-51(54-49)41-26-14-24-38-37-22-9-13-31-46(37)56-48(38)41)40-25-15-30-45-47(40)39-23-8-12-29-44(39)52(45)42-27-10-6-20-35(42)33-18-4-5-19-34(33)36-21-7-11-28-43(36)52/h1-45H;1-31H. The van der Waals surface area contributed by atoms with E-state index in [0.29, 0.717) is 34.9 Å². The molecule has 129 heavy (non-hydrogen) atoms. The highest BCUT2D eigenvalue weighted by Crippen LogP contribution is 2.65. The van der Waals surface area contributed by atoms with E-state index in [1.807, 2.05) is 36.4 Å². The highest BCUT2D eigenvalue weighted by atomic mass is 16.3. The van der Waals surface area contributed by atoms with Crippen molar-refractivity contribution < 1.29 is 4.42 Å². The van der Waals surface area contributed by atoms with Crippen LogP contribution in [-0.4, -0.2) is 29.9 Å². The predicted octanol–water partition coefficient (Wildman–Crippen LogP) is 30.3. The van der Waals surface area contributed by atoms with Crippen LogP contribution < -0.4 is 0 Å². The van der Waals surface area contributed by atoms with E-state index in [4.69, 9.17) is 34.3 Å². The van der Waals surface area contributed by atoms with Crippen molar-refractivity contribution in [1.29, 1.82) is 0 Å². The average molecular weight is 1640 g/mol. The summed E-state index contributed by atoms with van der Waals surface area (Å²) in [5.74, 6) is 3.60. The van der Waals surface area contributed by atoms with Crippen LogP contribution in [0, 0.1) is 0 Å². The second kappa shape index (κ2) is 30.5. The molecule has 2 spiro atoms. The van der Waals surface area contributed by atoms with Crippen molar-refractivity contribution in [2.24, 2.45) is 0 Å². The molecule has 0 fully saturated rings. The van der Waals surface area contributed by atoms with Gasteiger partial charge in [0.2, 0.25) is 0 Å². The lowest BCUT2D eigenvalue weighted by molar-refractivity contribution is 0.669. The highest BCUT2D eigenvalue weighted by Gasteiger charge is 2.53. The molecule has 4 aliphatic carbocycles. The van der Waals surface area contributed by atoms with E-state index in [9.17, 15) is 0 Å². The number of rotatable bonds is 10. The van der Waals surface area contributed by atoms with Crippen LogP contribution in [0.25, 0.3) is 202 Å². The number of aromatic nitrogens is 6. The van der Waals surface area contributed by atoms with Gasteiger partial charge >= 0.3 is 0 Å². The van der Waals surface area contributed by atoms with E-state index in [1.165, 1.54) is 100 Å². The molecule has 0 saturated carbocycles. The lowest BCUT2D eigenvalue weighted by Crippen LogP contribution is -2.29. The summed E-state index contributed by atoms with van der Waals surface area (Å²) in [7, 11) is 0. The van der Waals surface area contributed by atoms with E-state index >= 15 is 0 Å². The highest BCUT2D eigenvalue weighted by molar-refractivity contribution is 6.10. The number of hydrogen-bond acceptors (Lipinski definition) is 7. The number of furan rings is 1. The molecule has 7 heteroatoms. The van der Waals surface area contributed by atoms with Gasteiger partial charge < -0.3 is 4.42 Å². The Labute approximate surface area is 747 Å². The molecule has 0 saturated heterocycles. The molecule has 0 atom stereocenters. The molecule has 0 amide bonds. The predicted molar refractivity (Wildman–Crippen MR) is 525 cm³/mol. The van der Waals surface area contributed by atoms with Crippen LogP contribution in [0.3, 0.4) is 0 Å². The number of para-hydroxylation sites is 2. The van der Waals surface area contributed by atoms with Crippen molar-refractivity contribution in [2.45, 2.75) is 10.8 Å². The average Bonchev–Trinajstić information content (AvgIpc) is 1.52. The fraction of sp³-hybridized carbons (Fsp3) is 0.0164. The van der Waals surface area contributed by atoms with Crippen LogP contribution in [0.1, 0.15) is 44.5 Å². The fourth-order valence-electron chi connectivity index (χ4n) is 21.3. The molecule has 7 nitrogen and oxygen atoms in total. The maximum Gasteiger partial charge on any atom is 0.167 e. The van der Waals surface area contributed by atoms with E-state index in [0.717, 1.165) is 111 Å². The third-order valence-electron chi connectivity index (χ3n) is 26.7. The normalized spacial score (nSPS) is 12.8. The van der Waals surface area contributed by atoms with Crippen molar-refractivity contribution in [3.05, 3.63) is 506 Å². The molecule has 0 bridgehead atoms. The summed E-state index contributed by atoms with van der Waals surface area (Å²) in [5, 5.41) is 2.10. The summed E-state index contributed by atoms with van der Waals surface area (Å²) in [6.07, 6.45) is 0. The molecule has 19 aromatic carbocycles. The Hall–Kier alpha value is -17.0. The van der Waals surface area contributed by atoms with Crippen LogP contribution in [0.4, 0.5) is 0 Å². The van der Waals surface area contributed by atoms with E-state index in [2.05, 4.69) is 425 Å². The summed E-state index contributed by atoms with van der Waals surface area (Å²) in [5.41, 5.74) is 39.0. The second-order valence-electron chi connectivity index (χ2n) is 33.6. The van der Waals surface area contributed by atoms with Gasteiger partial charge in [0.05, 0.1) is 16.4 Å². The first-order valence-corrected chi connectivity index (χ1v) is 44.0. The molecule has 3 heterocycles. The molecule has 600 valence electrons. The van der Waals surface area contributed by atoms with Crippen molar-refractivity contribution in [3.63, 3.8) is 0 Å². The van der Waals surface area contributed by atoms with Gasteiger partial charge in [0.25, 0.3) is 0 Å². The Kier molecular flexibility index (Phi) is 17.6. The lowest BCUT2D eigenvalue weighted by Gasteiger charge is -2.35. The minimum atomic E-state index is -0.657. The first kappa shape index (κ1) is 74.6. The molecule has 26 rings (SSSR count). The maximum atomic E-state index is 6.53. The molecule has 0 aliphatic heterocycles. The number of hydrogen-bond donors (Lipinski definition) is 0. The molecule has 0 N–H and O–H groups in total. The zero-order valence-electron chi connectivity index (χ0n) is 70.0. The summed E-state index contributed by atoms with van der Waals surface area (Å²) in [6, 6.07) is 165. The molecule has 4 aliphatic rings. The summed E-state index contributed by atoms with van der Waals surface area (Å²) in [4.78, 5) is 32.6. The quantitative estimate of drug-likeness (QED) is 0.135. The van der Waals surface area contributed by atoms with Gasteiger partial charge in [-0.15, -0.1) is 0 Å². The largest absolute Gasteiger partial charge is 0.455 e. The number of benzene rings is 19. The second-order valence-corrected chi connectivity index (χ2v) is 33.6. The summed E-state index contributed by atoms with van der Waals surface area (Å²) >= 11 is 0. The first-order valence-electron chi connectivity index (χ1n) is 44.0. The monoisotopic (exact) mass is 1640 g/mol. The smallest absolute Gasteiger partial charge is 0.167 e. The van der Waals surface area contributed by atoms with Crippen LogP contribution >= 0.6 is 0 Å². The summed E-state index contributed by atoms with van der Waals surface area (Å²) in [6.45, 7) is 0. The van der Waals surface area contributed by atoms with Crippen molar-refractivity contribution in [1.82, 2.24) is 29.9 Å². The fourth-order valence-corrected chi connectivity index (χ4v) is 21.3. The van der Waals surface area contributed by atoms with E-state index in [-0.39, 0.29) is 0 Å². The summed E-state index contributed by atoms with van der Waals surface area (Å²) < 4.78 is 6.53. The molecule has 22 aromatic rings. The first-order chi connectivity index (χ1) is 64.0. The van der Waals surface area contributed by atoms with Gasteiger partial charge in [0.1, 0.15) is 11.2 Å². The van der Waals surface area contributed by atoms with Gasteiger partial charge in [-0.2, -0.15) is 0 Å². The van der Waals surface area contributed by atoms with Crippen LogP contribution in [0.5, 0.6) is 0 Å². The lowest BCUT2D eigenvalue weighted by atomic mass is 9.66. The third-order valence-corrected chi connectivity index (χ3v) is 26.7. The Morgan fingerprint density at radius 1 is 0.147 bits per heavy atom. The third kappa shape index (κ3) is 12.0. The Morgan fingerprint density at radius 3 is 0.752 bits per heavy atom. The van der Waals surface area contributed by atoms with Crippen molar-refractivity contribution in [2.75, 3.05) is 0 Å². The zero-order chi connectivity index (χ0) is 85.1. The minimum absolute atomic E-state index is 0.567. The van der Waals surface area contributed by atoms with Gasteiger partial charge in [-0.25, -0.2) is 29.9 Å². The number of nitrogens with zero attached hydrogens (tertiary/aromatic N) is 6. The molecular formula is C122H76N6O. The van der Waals surface area contributed by atoms with E-state index in [1.54, 1.807) is 0 Å².